The van der Waals surface area contributed by atoms with Crippen LogP contribution in [0.3, 0.4) is 0 Å². The first-order valence-corrected chi connectivity index (χ1v) is 4.91. The molecular weight excluding hydrogens is 230 g/mol. The van der Waals surface area contributed by atoms with Crippen LogP contribution in [0, 0.1) is 0 Å². The van der Waals surface area contributed by atoms with Gasteiger partial charge in [-0.05, 0) is 5.53 Å². The highest BCUT2D eigenvalue weighted by molar-refractivity contribution is 6.16. The molecule has 0 amide bonds. The molecule has 0 aliphatic heterocycles. The van der Waals surface area contributed by atoms with Gasteiger partial charge >= 0.3 is 0 Å². The molecule has 0 aliphatic carbocycles. The number of hydrogen-bond donors (Lipinski definition) is 0. The van der Waals surface area contributed by atoms with E-state index in [2.05, 4.69) is 20.2 Å². The number of aromatic nitrogens is 2. The first-order valence-electron chi connectivity index (χ1n) is 4.38. The summed E-state index contributed by atoms with van der Waals surface area (Å²) in [5.74, 6) is 0.836. The molecule has 0 atom stereocenters. The zero-order valence-electron chi connectivity index (χ0n) is 8.04. The molecule has 0 fully saturated rings. The third kappa shape index (κ3) is 1.98. The third-order valence-corrected chi connectivity index (χ3v) is 2.11. The van der Waals surface area contributed by atoms with E-state index in [1.54, 1.807) is 24.3 Å². The van der Waals surface area contributed by atoms with E-state index in [0.29, 0.717) is 23.0 Å². The van der Waals surface area contributed by atoms with Crippen LogP contribution in [0.4, 0.5) is 5.69 Å². The first kappa shape index (κ1) is 10.5. The fourth-order valence-corrected chi connectivity index (χ4v) is 1.33. The van der Waals surface area contributed by atoms with Crippen molar-refractivity contribution in [3.8, 4) is 11.4 Å². The van der Waals surface area contributed by atoms with Crippen LogP contribution < -0.4 is 0 Å². The number of benzene rings is 1. The van der Waals surface area contributed by atoms with E-state index in [-0.39, 0.29) is 5.88 Å². The van der Waals surface area contributed by atoms with Crippen molar-refractivity contribution >= 4 is 17.3 Å². The maximum Gasteiger partial charge on any atom is 0.241 e. The van der Waals surface area contributed by atoms with Gasteiger partial charge in [0.05, 0.1) is 0 Å². The van der Waals surface area contributed by atoms with Crippen LogP contribution in [0.15, 0.2) is 33.9 Å². The Hall–Kier alpha value is -2.04. The largest absolute Gasteiger partial charge is 0.338 e. The topological polar surface area (TPSA) is 87.7 Å². The van der Waals surface area contributed by atoms with Gasteiger partial charge in [0.15, 0.2) is 0 Å². The third-order valence-electron chi connectivity index (χ3n) is 1.88. The van der Waals surface area contributed by atoms with Crippen LogP contribution in [0.25, 0.3) is 21.8 Å². The van der Waals surface area contributed by atoms with Crippen LogP contribution in [0.5, 0.6) is 0 Å². The lowest BCUT2D eigenvalue weighted by molar-refractivity contribution is 0.391. The number of alkyl halides is 1. The Labute approximate surface area is 95.5 Å². The SMILES string of the molecule is [N-]=[N+]=Nc1ccccc1-c1noc(CCl)n1. The summed E-state index contributed by atoms with van der Waals surface area (Å²) in [4.78, 5) is 6.78. The Bertz CT molecular complexity index is 546. The van der Waals surface area contributed by atoms with Crippen molar-refractivity contribution in [1.82, 2.24) is 10.1 Å². The average Bonchev–Trinajstić information content (AvgIpc) is 2.79. The van der Waals surface area contributed by atoms with E-state index in [1.165, 1.54) is 0 Å². The smallest absolute Gasteiger partial charge is 0.241 e. The van der Waals surface area contributed by atoms with Crippen LogP contribution in [-0.4, -0.2) is 10.1 Å². The van der Waals surface area contributed by atoms with Gasteiger partial charge in [-0.15, -0.1) is 11.6 Å². The van der Waals surface area contributed by atoms with Gasteiger partial charge in [-0.25, -0.2) is 0 Å². The molecule has 1 heterocycles. The molecule has 0 spiro atoms. The monoisotopic (exact) mass is 235 g/mol. The van der Waals surface area contributed by atoms with Crippen molar-refractivity contribution in [3.63, 3.8) is 0 Å². The van der Waals surface area contributed by atoms with E-state index in [1.807, 2.05) is 0 Å². The van der Waals surface area contributed by atoms with Crippen molar-refractivity contribution in [2.45, 2.75) is 5.88 Å². The summed E-state index contributed by atoms with van der Waals surface area (Å²) < 4.78 is 4.87. The first-order chi connectivity index (χ1) is 7.85. The standard InChI is InChI=1S/C9H6ClN5O/c10-5-8-12-9(14-16-8)6-3-1-2-4-7(6)13-15-11/h1-4H,5H2. The highest BCUT2D eigenvalue weighted by Crippen LogP contribution is 2.27. The number of azide groups is 1. The molecular formula is C9H6ClN5O. The van der Waals surface area contributed by atoms with Gasteiger partial charge in [0.1, 0.15) is 5.88 Å². The van der Waals surface area contributed by atoms with Crippen LogP contribution >= 0.6 is 11.6 Å². The highest BCUT2D eigenvalue weighted by atomic mass is 35.5. The molecule has 2 aromatic rings. The predicted molar refractivity (Wildman–Crippen MR) is 58.1 cm³/mol. The number of nitrogens with zero attached hydrogens (tertiary/aromatic N) is 5. The lowest BCUT2D eigenvalue weighted by Gasteiger charge is -1.97. The molecule has 0 unspecified atom stereocenters. The Balaban J connectivity index is 2.50. The van der Waals surface area contributed by atoms with Gasteiger partial charge in [-0.3, -0.25) is 0 Å². The van der Waals surface area contributed by atoms with Crippen LogP contribution in [0.1, 0.15) is 5.89 Å². The molecule has 0 bridgehead atoms. The maximum absolute atomic E-state index is 8.42. The minimum Gasteiger partial charge on any atom is -0.338 e. The lowest BCUT2D eigenvalue weighted by atomic mass is 10.2. The summed E-state index contributed by atoms with van der Waals surface area (Å²) in [7, 11) is 0. The Morgan fingerprint density at radius 1 is 1.44 bits per heavy atom. The predicted octanol–water partition coefficient (Wildman–Crippen LogP) is 3.42. The van der Waals surface area contributed by atoms with Crippen LogP contribution in [0.2, 0.25) is 0 Å². The van der Waals surface area contributed by atoms with Gasteiger partial charge < -0.3 is 4.52 Å². The molecule has 0 aliphatic rings. The van der Waals surface area contributed by atoms with E-state index >= 15 is 0 Å². The van der Waals surface area contributed by atoms with E-state index in [0.717, 1.165) is 0 Å². The normalized spacial score (nSPS) is 9.81. The summed E-state index contributed by atoms with van der Waals surface area (Å²) in [6, 6.07) is 6.97. The second-order valence-electron chi connectivity index (χ2n) is 2.85. The quantitative estimate of drug-likeness (QED) is 0.353. The molecule has 0 saturated heterocycles. The second kappa shape index (κ2) is 4.65. The molecule has 16 heavy (non-hydrogen) atoms. The molecule has 0 N–H and O–H groups in total. The van der Waals surface area contributed by atoms with Crippen molar-refractivity contribution in [2.75, 3.05) is 0 Å². The molecule has 0 saturated carbocycles. The number of rotatable bonds is 3. The van der Waals surface area contributed by atoms with Crippen molar-refractivity contribution in [1.29, 1.82) is 0 Å². The Morgan fingerprint density at radius 3 is 2.94 bits per heavy atom. The van der Waals surface area contributed by atoms with Crippen LogP contribution in [-0.2, 0) is 5.88 Å². The van der Waals surface area contributed by atoms with Crippen molar-refractivity contribution in [2.24, 2.45) is 5.11 Å². The van der Waals surface area contributed by atoms with Gasteiger partial charge in [0, 0.05) is 16.2 Å². The zero-order chi connectivity index (χ0) is 11.4. The van der Waals surface area contributed by atoms with Gasteiger partial charge in [-0.2, -0.15) is 4.98 Å². The fourth-order valence-electron chi connectivity index (χ4n) is 1.22. The fraction of sp³-hybridized carbons (Fsp3) is 0.111. The summed E-state index contributed by atoms with van der Waals surface area (Å²) in [6.07, 6.45) is 0. The Kier molecular flexibility index (Phi) is 3.05. The van der Waals surface area contributed by atoms with Gasteiger partial charge in [0.2, 0.25) is 11.7 Å². The van der Waals surface area contributed by atoms with Gasteiger partial charge in [-0.1, -0.05) is 34.5 Å². The summed E-state index contributed by atoms with van der Waals surface area (Å²) in [5.41, 5.74) is 9.48. The van der Waals surface area contributed by atoms with E-state index in [4.69, 9.17) is 21.7 Å². The molecule has 80 valence electrons. The second-order valence-corrected chi connectivity index (χ2v) is 3.12. The summed E-state index contributed by atoms with van der Waals surface area (Å²) in [6.45, 7) is 0. The van der Waals surface area contributed by atoms with Crippen molar-refractivity contribution in [3.05, 3.63) is 40.6 Å². The number of hydrogen-bond acceptors (Lipinski definition) is 4. The minimum absolute atomic E-state index is 0.149. The van der Waals surface area contributed by atoms with Crippen molar-refractivity contribution < 1.29 is 4.52 Å². The van der Waals surface area contributed by atoms with E-state index < -0.39 is 0 Å². The number of halogens is 1. The molecule has 6 nitrogen and oxygen atoms in total. The summed E-state index contributed by atoms with van der Waals surface area (Å²) >= 11 is 5.55. The lowest BCUT2D eigenvalue weighted by Crippen LogP contribution is -1.81. The minimum atomic E-state index is 0.149. The summed E-state index contributed by atoms with van der Waals surface area (Å²) in [5, 5.41) is 7.29. The molecule has 1 aromatic carbocycles. The molecule has 0 radical (unpaired) electrons. The molecule has 7 heteroatoms. The zero-order valence-corrected chi connectivity index (χ0v) is 8.79. The van der Waals surface area contributed by atoms with Gasteiger partial charge in [0.25, 0.3) is 0 Å². The van der Waals surface area contributed by atoms with E-state index in [9.17, 15) is 0 Å². The maximum atomic E-state index is 8.42. The highest BCUT2D eigenvalue weighted by Gasteiger charge is 2.10. The average molecular weight is 236 g/mol. The molecule has 1 aromatic heterocycles. The Morgan fingerprint density at radius 2 is 2.25 bits per heavy atom. The molecule has 2 rings (SSSR count).